The summed E-state index contributed by atoms with van der Waals surface area (Å²) in [5.41, 5.74) is 10.3. The highest BCUT2D eigenvalue weighted by atomic mass is 32.2. The van der Waals surface area contributed by atoms with Crippen LogP contribution in [-0.2, 0) is 4.79 Å². The monoisotopic (exact) mass is 208 g/mol. The van der Waals surface area contributed by atoms with Crippen LogP contribution in [0.4, 0.5) is 0 Å². The van der Waals surface area contributed by atoms with Crippen molar-refractivity contribution in [1.82, 2.24) is 0 Å². The van der Waals surface area contributed by atoms with Gasteiger partial charge < -0.3 is 21.7 Å². The summed E-state index contributed by atoms with van der Waals surface area (Å²) < 4.78 is 0. The average molecular weight is 208 g/mol. The molecule has 5 nitrogen and oxygen atoms in total. The first-order valence-electron chi connectivity index (χ1n) is 3.99. The van der Waals surface area contributed by atoms with Gasteiger partial charge in [0, 0.05) is 5.75 Å². The molecule has 13 heavy (non-hydrogen) atoms. The van der Waals surface area contributed by atoms with Crippen molar-refractivity contribution in [2.24, 2.45) is 11.5 Å². The van der Waals surface area contributed by atoms with E-state index in [0.29, 0.717) is 17.9 Å². The minimum atomic E-state index is -0.699. The van der Waals surface area contributed by atoms with Gasteiger partial charge in [-0.1, -0.05) is 0 Å². The van der Waals surface area contributed by atoms with Gasteiger partial charge in [-0.15, -0.1) is 0 Å². The molecule has 0 heterocycles. The number of rotatable bonds is 7. The van der Waals surface area contributed by atoms with Crippen molar-refractivity contribution in [1.29, 1.82) is 0 Å². The summed E-state index contributed by atoms with van der Waals surface area (Å²) in [6.07, 6.45) is -0.201. The summed E-state index contributed by atoms with van der Waals surface area (Å²) in [4.78, 5) is 10.5. The summed E-state index contributed by atoms with van der Waals surface area (Å²) in [6.45, 7) is -0.241. The molecule has 1 amide bonds. The minimum Gasteiger partial charge on any atom is -0.394 e. The number of carbonyl (C=O) groups is 1. The molecule has 0 saturated carbocycles. The van der Waals surface area contributed by atoms with Gasteiger partial charge in [-0.05, 0) is 12.2 Å². The summed E-state index contributed by atoms with van der Waals surface area (Å²) in [7, 11) is 0. The highest BCUT2D eigenvalue weighted by Crippen LogP contribution is 2.05. The van der Waals surface area contributed by atoms with Crippen molar-refractivity contribution in [2.45, 2.75) is 18.6 Å². The summed E-state index contributed by atoms with van der Waals surface area (Å²) in [6, 6.07) is -0.612. The smallest absolute Gasteiger partial charge is 0.234 e. The van der Waals surface area contributed by atoms with Crippen molar-refractivity contribution in [3.05, 3.63) is 0 Å². The Bertz CT molecular complexity index is 157. The topological polar surface area (TPSA) is 110 Å². The molecule has 2 unspecified atom stereocenters. The van der Waals surface area contributed by atoms with E-state index in [9.17, 15) is 4.79 Å². The molecule has 0 fully saturated rings. The van der Waals surface area contributed by atoms with E-state index in [1.165, 1.54) is 11.8 Å². The van der Waals surface area contributed by atoms with E-state index in [1.807, 2.05) is 0 Å². The van der Waals surface area contributed by atoms with Crippen LogP contribution in [-0.4, -0.2) is 46.4 Å². The normalized spacial score (nSPS) is 15.3. The van der Waals surface area contributed by atoms with Gasteiger partial charge in [0.05, 0.1) is 18.8 Å². The van der Waals surface area contributed by atoms with Crippen LogP contribution in [0.25, 0.3) is 0 Å². The Morgan fingerprint density at radius 3 is 2.62 bits per heavy atom. The maximum Gasteiger partial charge on any atom is 0.234 e. The van der Waals surface area contributed by atoms with Crippen molar-refractivity contribution < 1.29 is 15.0 Å². The molecular weight excluding hydrogens is 192 g/mol. The molecule has 78 valence electrons. The van der Waals surface area contributed by atoms with Crippen LogP contribution in [0.15, 0.2) is 0 Å². The predicted molar refractivity (Wildman–Crippen MR) is 52.2 cm³/mol. The van der Waals surface area contributed by atoms with Gasteiger partial charge >= 0.3 is 0 Å². The molecule has 6 heteroatoms. The van der Waals surface area contributed by atoms with Crippen molar-refractivity contribution in [3.63, 3.8) is 0 Å². The highest BCUT2D eigenvalue weighted by Gasteiger charge is 2.08. The van der Waals surface area contributed by atoms with Gasteiger partial charge in [-0.25, -0.2) is 0 Å². The van der Waals surface area contributed by atoms with Gasteiger partial charge in [0.2, 0.25) is 5.91 Å². The second-order valence-corrected chi connectivity index (χ2v) is 3.86. The van der Waals surface area contributed by atoms with E-state index in [2.05, 4.69) is 0 Å². The van der Waals surface area contributed by atoms with Crippen LogP contribution in [0.5, 0.6) is 0 Å². The number of thioether (sulfide) groups is 1. The van der Waals surface area contributed by atoms with Crippen LogP contribution in [0.3, 0.4) is 0 Å². The number of amides is 1. The molecule has 0 saturated heterocycles. The van der Waals surface area contributed by atoms with E-state index in [-0.39, 0.29) is 6.61 Å². The second-order valence-electron chi connectivity index (χ2n) is 2.71. The van der Waals surface area contributed by atoms with Crippen molar-refractivity contribution in [3.8, 4) is 0 Å². The zero-order valence-electron chi connectivity index (χ0n) is 7.35. The molecule has 0 bridgehead atoms. The number of nitrogens with two attached hydrogens (primary N) is 2. The molecule has 0 aliphatic rings. The molecule has 0 radical (unpaired) electrons. The van der Waals surface area contributed by atoms with Gasteiger partial charge in [0.25, 0.3) is 0 Å². The zero-order chi connectivity index (χ0) is 10.3. The van der Waals surface area contributed by atoms with E-state index in [4.69, 9.17) is 21.7 Å². The maximum atomic E-state index is 10.5. The maximum absolute atomic E-state index is 10.5. The lowest BCUT2D eigenvalue weighted by atomic mass is 10.2. The van der Waals surface area contributed by atoms with Crippen LogP contribution in [0, 0.1) is 0 Å². The van der Waals surface area contributed by atoms with Crippen LogP contribution >= 0.6 is 11.8 Å². The quantitative estimate of drug-likeness (QED) is 0.372. The molecule has 0 rings (SSSR count). The Morgan fingerprint density at radius 2 is 2.15 bits per heavy atom. The minimum absolute atomic E-state index is 0.241. The third-order valence-electron chi connectivity index (χ3n) is 1.46. The third-order valence-corrected chi connectivity index (χ3v) is 2.60. The van der Waals surface area contributed by atoms with E-state index in [1.54, 1.807) is 0 Å². The van der Waals surface area contributed by atoms with Crippen LogP contribution in [0.2, 0.25) is 0 Å². The summed E-state index contributed by atoms with van der Waals surface area (Å²) in [5.74, 6) is 0.590. The number of carbonyl (C=O) groups excluding carboxylic acids is 1. The Morgan fingerprint density at radius 1 is 1.54 bits per heavy atom. The lowest BCUT2D eigenvalue weighted by Crippen LogP contribution is -2.36. The summed E-state index contributed by atoms with van der Waals surface area (Å²) in [5, 5.41) is 17.4. The molecular formula is C7H16N2O3S. The van der Waals surface area contributed by atoms with Gasteiger partial charge in [-0.3, -0.25) is 4.79 Å². The second kappa shape index (κ2) is 7.14. The van der Waals surface area contributed by atoms with Crippen molar-refractivity contribution in [2.75, 3.05) is 18.1 Å². The number of hydrogen-bond donors (Lipinski definition) is 4. The predicted octanol–water partition coefficient (Wildman–Crippen LogP) is -1.72. The Hall–Kier alpha value is -0.300. The Balaban J connectivity index is 3.30. The first-order valence-corrected chi connectivity index (χ1v) is 5.15. The molecule has 0 spiro atoms. The molecule has 6 N–H and O–H groups in total. The Kier molecular flexibility index (Phi) is 6.97. The van der Waals surface area contributed by atoms with E-state index < -0.39 is 18.1 Å². The molecule has 2 atom stereocenters. The standard InChI is InChI=1S/C7H16N2O3S/c8-6(7(9)12)1-2-13-4-5(11)3-10/h5-6,10-11H,1-4,8H2,(H2,9,12). The summed E-state index contributed by atoms with van der Waals surface area (Å²) >= 11 is 1.43. The number of primary amides is 1. The fourth-order valence-corrected chi connectivity index (χ4v) is 1.59. The average Bonchev–Trinajstić information content (AvgIpc) is 2.11. The van der Waals surface area contributed by atoms with Crippen LogP contribution < -0.4 is 11.5 Å². The number of aliphatic hydroxyl groups excluding tert-OH is 2. The largest absolute Gasteiger partial charge is 0.394 e. The first kappa shape index (κ1) is 12.7. The third kappa shape index (κ3) is 6.83. The van der Waals surface area contributed by atoms with Crippen LogP contribution in [0.1, 0.15) is 6.42 Å². The molecule has 0 aromatic carbocycles. The molecule has 0 aliphatic carbocycles. The van der Waals surface area contributed by atoms with Gasteiger partial charge in [-0.2, -0.15) is 11.8 Å². The first-order chi connectivity index (χ1) is 6.07. The number of hydrogen-bond acceptors (Lipinski definition) is 5. The van der Waals surface area contributed by atoms with Gasteiger partial charge in [0.1, 0.15) is 0 Å². The lowest BCUT2D eigenvalue weighted by Gasteiger charge is -2.08. The molecule has 0 aliphatic heterocycles. The van der Waals surface area contributed by atoms with E-state index in [0.717, 1.165) is 0 Å². The molecule has 0 aromatic heterocycles. The SMILES string of the molecule is NC(=O)C(N)CCSCC(O)CO. The van der Waals surface area contributed by atoms with E-state index >= 15 is 0 Å². The fraction of sp³-hybridized carbons (Fsp3) is 0.857. The zero-order valence-corrected chi connectivity index (χ0v) is 8.17. The lowest BCUT2D eigenvalue weighted by molar-refractivity contribution is -0.119. The fourth-order valence-electron chi connectivity index (χ4n) is 0.625. The van der Waals surface area contributed by atoms with Gasteiger partial charge in [0.15, 0.2) is 0 Å². The Labute approximate surface area is 81.5 Å². The highest BCUT2D eigenvalue weighted by molar-refractivity contribution is 7.99. The molecule has 0 aromatic rings. The van der Waals surface area contributed by atoms with Crippen molar-refractivity contribution >= 4 is 17.7 Å². The number of aliphatic hydroxyl groups is 2.